The Balaban J connectivity index is 1.97. The lowest BCUT2D eigenvalue weighted by atomic mass is 10.2. The molecule has 96 valence electrons. The summed E-state index contributed by atoms with van der Waals surface area (Å²) in [5.41, 5.74) is 7.97. The van der Waals surface area contributed by atoms with Gasteiger partial charge in [-0.3, -0.25) is 5.41 Å². The molecule has 0 fully saturated rings. The first kappa shape index (κ1) is 11.6. The minimum atomic E-state index is -0.244. The highest BCUT2D eigenvalue weighted by molar-refractivity contribution is 5.94. The number of rotatable bonds is 2. The van der Waals surface area contributed by atoms with Crippen LogP contribution in [0.3, 0.4) is 0 Å². The van der Waals surface area contributed by atoms with Crippen molar-refractivity contribution in [2.45, 2.75) is 6.42 Å². The van der Waals surface area contributed by atoms with Gasteiger partial charge < -0.3 is 10.6 Å². The van der Waals surface area contributed by atoms with Crippen LogP contribution in [0.5, 0.6) is 0 Å². The molecule has 5 heteroatoms. The van der Waals surface area contributed by atoms with Gasteiger partial charge in [0.1, 0.15) is 17.5 Å². The number of hydrogen-bond donors (Lipinski definition) is 2. The van der Waals surface area contributed by atoms with Crippen LogP contribution < -0.4 is 10.6 Å². The molecule has 0 amide bonds. The maximum Gasteiger partial charge on any atom is 0.132 e. The molecule has 0 unspecified atom stereocenters. The molecule has 3 rings (SSSR count). The third kappa shape index (κ3) is 2.03. The number of nitrogens with zero attached hydrogens (tertiary/aromatic N) is 2. The van der Waals surface area contributed by atoms with E-state index in [2.05, 4.69) is 4.98 Å². The van der Waals surface area contributed by atoms with Crippen LogP contribution >= 0.6 is 0 Å². The molecule has 0 aliphatic carbocycles. The van der Waals surface area contributed by atoms with Crippen LogP contribution in [0, 0.1) is 11.2 Å². The van der Waals surface area contributed by atoms with E-state index in [4.69, 9.17) is 11.1 Å². The van der Waals surface area contributed by atoms with Gasteiger partial charge in [0.15, 0.2) is 0 Å². The molecule has 1 aromatic carbocycles. The molecular formula is C14H13FN4. The first-order chi connectivity index (χ1) is 9.15. The molecule has 0 radical (unpaired) electrons. The predicted octanol–water partition coefficient (Wildman–Crippen LogP) is 2.20. The summed E-state index contributed by atoms with van der Waals surface area (Å²) >= 11 is 0. The fraction of sp³-hybridized carbons (Fsp3) is 0.143. The second-order valence-corrected chi connectivity index (χ2v) is 4.49. The van der Waals surface area contributed by atoms with Gasteiger partial charge in [0, 0.05) is 24.0 Å². The van der Waals surface area contributed by atoms with Crippen LogP contribution in [0.4, 0.5) is 15.9 Å². The van der Waals surface area contributed by atoms with Gasteiger partial charge in [-0.05, 0) is 36.2 Å². The number of nitrogens with one attached hydrogen (secondary N) is 1. The maximum atomic E-state index is 13.3. The van der Waals surface area contributed by atoms with E-state index >= 15 is 0 Å². The SMILES string of the molecule is N=C(N)c1ccc(N2CCc3ccc(F)cc32)nc1. The lowest BCUT2D eigenvalue weighted by molar-refractivity contribution is 0.628. The molecule has 0 atom stereocenters. The molecule has 1 aromatic heterocycles. The number of amidine groups is 1. The highest BCUT2D eigenvalue weighted by atomic mass is 19.1. The standard InChI is InChI=1S/C14H13FN4/c15-11-3-1-9-5-6-19(12(9)7-11)13-4-2-10(8-18-13)14(16)17/h1-4,7-8H,5-6H2,(H3,16,17). The molecule has 1 aliphatic rings. The summed E-state index contributed by atoms with van der Waals surface area (Å²) in [6.45, 7) is 0.783. The molecular weight excluding hydrogens is 243 g/mol. The summed E-state index contributed by atoms with van der Waals surface area (Å²) in [6, 6.07) is 8.38. The number of halogens is 1. The van der Waals surface area contributed by atoms with Crippen LogP contribution in [0.25, 0.3) is 0 Å². The second-order valence-electron chi connectivity index (χ2n) is 4.49. The topological polar surface area (TPSA) is 66.0 Å². The van der Waals surface area contributed by atoms with Crippen molar-refractivity contribution >= 4 is 17.3 Å². The number of nitrogen functional groups attached to an aromatic ring is 1. The molecule has 0 saturated carbocycles. The van der Waals surface area contributed by atoms with Crippen LogP contribution in [-0.4, -0.2) is 17.4 Å². The molecule has 0 bridgehead atoms. The number of fused-ring (bicyclic) bond motifs is 1. The molecule has 3 N–H and O–H groups in total. The quantitative estimate of drug-likeness (QED) is 0.639. The second kappa shape index (κ2) is 4.35. The van der Waals surface area contributed by atoms with Crippen molar-refractivity contribution in [1.29, 1.82) is 5.41 Å². The molecule has 4 nitrogen and oxygen atoms in total. The van der Waals surface area contributed by atoms with Crippen molar-refractivity contribution < 1.29 is 4.39 Å². The lowest BCUT2D eigenvalue weighted by Gasteiger charge is -2.18. The average Bonchev–Trinajstić information content (AvgIpc) is 2.81. The van der Waals surface area contributed by atoms with E-state index in [1.807, 2.05) is 11.0 Å². The molecule has 2 aromatic rings. The van der Waals surface area contributed by atoms with E-state index in [-0.39, 0.29) is 11.7 Å². The van der Waals surface area contributed by atoms with Gasteiger partial charge in [0.25, 0.3) is 0 Å². The average molecular weight is 256 g/mol. The van der Waals surface area contributed by atoms with Gasteiger partial charge in [-0.25, -0.2) is 9.37 Å². The van der Waals surface area contributed by atoms with E-state index in [1.165, 1.54) is 12.1 Å². The van der Waals surface area contributed by atoms with Crippen molar-refractivity contribution in [3.8, 4) is 0 Å². The number of benzene rings is 1. The van der Waals surface area contributed by atoms with Crippen LogP contribution in [0.2, 0.25) is 0 Å². The molecule has 0 spiro atoms. The lowest BCUT2D eigenvalue weighted by Crippen LogP contribution is -2.16. The first-order valence-electron chi connectivity index (χ1n) is 6.01. The summed E-state index contributed by atoms with van der Waals surface area (Å²) < 4.78 is 13.3. The van der Waals surface area contributed by atoms with Crippen molar-refractivity contribution in [3.05, 3.63) is 53.5 Å². The van der Waals surface area contributed by atoms with E-state index in [9.17, 15) is 4.39 Å². The van der Waals surface area contributed by atoms with Gasteiger partial charge >= 0.3 is 0 Å². The third-order valence-electron chi connectivity index (χ3n) is 3.28. The summed E-state index contributed by atoms with van der Waals surface area (Å²) in [6.07, 6.45) is 2.45. The zero-order chi connectivity index (χ0) is 13.4. The molecule has 2 heterocycles. The Morgan fingerprint density at radius 2 is 2.16 bits per heavy atom. The van der Waals surface area contributed by atoms with Gasteiger partial charge in [-0.2, -0.15) is 0 Å². The Kier molecular flexibility index (Phi) is 2.67. The number of pyridine rings is 1. The molecule has 1 aliphatic heterocycles. The highest BCUT2D eigenvalue weighted by Gasteiger charge is 2.21. The number of anilines is 2. The molecule has 19 heavy (non-hydrogen) atoms. The minimum absolute atomic E-state index is 0.00748. The van der Waals surface area contributed by atoms with E-state index in [0.29, 0.717) is 5.56 Å². The number of aromatic nitrogens is 1. The zero-order valence-corrected chi connectivity index (χ0v) is 10.2. The molecule has 0 saturated heterocycles. The Morgan fingerprint density at radius 3 is 2.84 bits per heavy atom. The Labute approximate surface area is 110 Å². The zero-order valence-electron chi connectivity index (χ0n) is 10.2. The smallest absolute Gasteiger partial charge is 0.132 e. The third-order valence-corrected chi connectivity index (χ3v) is 3.28. The summed E-state index contributed by atoms with van der Waals surface area (Å²) in [5, 5.41) is 7.34. The van der Waals surface area contributed by atoms with E-state index in [0.717, 1.165) is 30.0 Å². The van der Waals surface area contributed by atoms with Crippen molar-refractivity contribution in [1.82, 2.24) is 4.98 Å². The van der Waals surface area contributed by atoms with E-state index < -0.39 is 0 Å². The summed E-state index contributed by atoms with van der Waals surface area (Å²) in [5.74, 6) is 0.493. The minimum Gasteiger partial charge on any atom is -0.384 e. The normalized spacial score (nSPS) is 13.4. The fourth-order valence-corrected chi connectivity index (χ4v) is 2.30. The van der Waals surface area contributed by atoms with Crippen LogP contribution in [-0.2, 0) is 6.42 Å². The van der Waals surface area contributed by atoms with Crippen LogP contribution in [0.15, 0.2) is 36.5 Å². The first-order valence-corrected chi connectivity index (χ1v) is 6.01. The van der Waals surface area contributed by atoms with Gasteiger partial charge in [-0.15, -0.1) is 0 Å². The Morgan fingerprint density at radius 1 is 1.32 bits per heavy atom. The van der Waals surface area contributed by atoms with Gasteiger partial charge in [0.2, 0.25) is 0 Å². The monoisotopic (exact) mass is 256 g/mol. The summed E-state index contributed by atoms with van der Waals surface area (Å²) in [7, 11) is 0. The van der Waals surface area contributed by atoms with Crippen LogP contribution in [0.1, 0.15) is 11.1 Å². The van der Waals surface area contributed by atoms with Crippen molar-refractivity contribution in [2.24, 2.45) is 5.73 Å². The Hall–Kier alpha value is -2.43. The van der Waals surface area contributed by atoms with Crippen molar-refractivity contribution in [2.75, 3.05) is 11.4 Å². The Bertz CT molecular complexity index is 636. The predicted molar refractivity (Wildman–Crippen MR) is 72.4 cm³/mol. The van der Waals surface area contributed by atoms with Crippen molar-refractivity contribution in [3.63, 3.8) is 0 Å². The van der Waals surface area contributed by atoms with Gasteiger partial charge in [-0.1, -0.05) is 6.07 Å². The van der Waals surface area contributed by atoms with E-state index in [1.54, 1.807) is 18.3 Å². The number of hydrogen-bond acceptors (Lipinski definition) is 3. The largest absolute Gasteiger partial charge is 0.384 e. The maximum absolute atomic E-state index is 13.3. The highest BCUT2D eigenvalue weighted by Crippen LogP contribution is 2.33. The number of nitrogens with two attached hydrogens (primary N) is 1. The fourth-order valence-electron chi connectivity index (χ4n) is 2.30. The van der Waals surface area contributed by atoms with Gasteiger partial charge in [0.05, 0.1) is 0 Å². The summed E-state index contributed by atoms with van der Waals surface area (Å²) in [4.78, 5) is 6.27.